The zero-order valence-electron chi connectivity index (χ0n) is 17.6. The molecule has 0 unspecified atom stereocenters. The van der Waals surface area contributed by atoms with E-state index in [1.807, 2.05) is 0 Å². The molecule has 1 aliphatic rings. The lowest BCUT2D eigenvalue weighted by Crippen LogP contribution is -2.51. The minimum absolute atomic E-state index is 0.0608. The fourth-order valence-electron chi connectivity index (χ4n) is 3.91. The van der Waals surface area contributed by atoms with E-state index in [0.29, 0.717) is 17.1 Å². The number of imidazole rings is 1. The first-order valence-corrected chi connectivity index (χ1v) is 11.5. The molecule has 1 aliphatic heterocycles. The molecule has 8 nitrogen and oxygen atoms in total. The predicted octanol–water partition coefficient (Wildman–Crippen LogP) is 1.89. The van der Waals surface area contributed by atoms with E-state index in [1.165, 1.54) is 14.0 Å². The van der Waals surface area contributed by atoms with E-state index in [9.17, 15) is 31.2 Å². The number of rotatable bonds is 4. The zero-order chi connectivity index (χ0) is 24.0. The number of piperazine rings is 1. The van der Waals surface area contributed by atoms with Crippen molar-refractivity contribution in [1.82, 2.24) is 18.3 Å². The molecule has 0 bridgehead atoms. The van der Waals surface area contributed by atoms with Gasteiger partial charge in [-0.1, -0.05) is 18.2 Å². The lowest BCUT2D eigenvalue weighted by molar-refractivity contribution is -0.137. The Bertz CT molecular complexity index is 1370. The molecule has 176 valence electrons. The lowest BCUT2D eigenvalue weighted by atomic mass is 10.2. The molecule has 3 aromatic rings. The van der Waals surface area contributed by atoms with Gasteiger partial charge in [-0.05, 0) is 30.3 Å². The Kier molecular flexibility index (Phi) is 5.83. The molecule has 0 radical (unpaired) electrons. The van der Waals surface area contributed by atoms with Gasteiger partial charge in [0.2, 0.25) is 15.9 Å². The van der Waals surface area contributed by atoms with Gasteiger partial charge in [0, 0.05) is 33.2 Å². The van der Waals surface area contributed by atoms with Gasteiger partial charge < -0.3 is 4.90 Å². The van der Waals surface area contributed by atoms with Gasteiger partial charge >= 0.3 is 11.9 Å². The summed E-state index contributed by atoms with van der Waals surface area (Å²) in [7, 11) is -2.53. The zero-order valence-corrected chi connectivity index (χ0v) is 18.4. The number of para-hydroxylation sites is 2. The fraction of sp³-hybridized carbons (Fsp3) is 0.333. The number of hydrogen-bond donors (Lipinski definition) is 0. The first-order valence-electron chi connectivity index (χ1n) is 10.1. The van der Waals surface area contributed by atoms with Crippen LogP contribution in [0.5, 0.6) is 0 Å². The van der Waals surface area contributed by atoms with Crippen LogP contribution in [0, 0.1) is 0 Å². The molecule has 0 spiro atoms. The molecule has 1 amide bonds. The van der Waals surface area contributed by atoms with Crippen LogP contribution in [-0.2, 0) is 34.6 Å². The molecule has 1 fully saturated rings. The Morgan fingerprint density at radius 1 is 0.970 bits per heavy atom. The van der Waals surface area contributed by atoms with E-state index in [1.54, 1.807) is 31.3 Å². The smallest absolute Gasteiger partial charge is 0.338 e. The molecule has 0 atom stereocenters. The van der Waals surface area contributed by atoms with Crippen molar-refractivity contribution in [2.75, 3.05) is 26.2 Å². The third kappa shape index (κ3) is 4.27. The maximum atomic E-state index is 13.0. The van der Waals surface area contributed by atoms with Crippen LogP contribution >= 0.6 is 0 Å². The first kappa shape index (κ1) is 23.1. The highest BCUT2D eigenvalue weighted by molar-refractivity contribution is 7.89. The molecule has 1 aromatic heterocycles. The van der Waals surface area contributed by atoms with Crippen LogP contribution in [0.15, 0.2) is 58.2 Å². The number of amides is 1. The molecular weight excluding hydrogens is 461 g/mol. The predicted molar refractivity (Wildman–Crippen MR) is 114 cm³/mol. The summed E-state index contributed by atoms with van der Waals surface area (Å²) in [5.41, 5.74) is -0.0790. The summed E-state index contributed by atoms with van der Waals surface area (Å²) in [4.78, 5) is 26.4. The van der Waals surface area contributed by atoms with Gasteiger partial charge in [-0.2, -0.15) is 17.5 Å². The second-order valence-electron chi connectivity index (χ2n) is 7.73. The highest BCUT2D eigenvalue weighted by Crippen LogP contribution is 2.31. The van der Waals surface area contributed by atoms with Gasteiger partial charge in [0.25, 0.3) is 0 Å². The molecule has 0 saturated carbocycles. The van der Waals surface area contributed by atoms with Crippen LogP contribution in [0.25, 0.3) is 11.0 Å². The second kappa shape index (κ2) is 8.34. The van der Waals surface area contributed by atoms with Crippen LogP contribution in [-0.4, -0.2) is 58.8 Å². The first-order chi connectivity index (χ1) is 15.5. The Labute approximate surface area is 187 Å². The second-order valence-corrected chi connectivity index (χ2v) is 9.66. The largest absolute Gasteiger partial charge is 0.416 e. The van der Waals surface area contributed by atoms with Crippen LogP contribution in [0.4, 0.5) is 13.2 Å². The van der Waals surface area contributed by atoms with E-state index in [4.69, 9.17) is 0 Å². The molecule has 33 heavy (non-hydrogen) atoms. The monoisotopic (exact) mass is 482 g/mol. The number of sulfonamides is 1. The van der Waals surface area contributed by atoms with Crippen molar-refractivity contribution in [1.29, 1.82) is 0 Å². The molecular formula is C21H21F3N4O4S. The van der Waals surface area contributed by atoms with Crippen LogP contribution in [0.1, 0.15) is 5.56 Å². The number of halogens is 3. The lowest BCUT2D eigenvalue weighted by Gasteiger charge is -2.34. The summed E-state index contributed by atoms with van der Waals surface area (Å²) in [5.74, 6) is -0.343. The van der Waals surface area contributed by atoms with E-state index in [0.717, 1.165) is 22.5 Å². The fourth-order valence-corrected chi connectivity index (χ4v) is 5.38. The van der Waals surface area contributed by atoms with Crippen molar-refractivity contribution in [2.45, 2.75) is 17.6 Å². The molecule has 4 rings (SSSR count). The molecule has 1 saturated heterocycles. The highest BCUT2D eigenvalue weighted by Gasteiger charge is 2.34. The quantitative estimate of drug-likeness (QED) is 0.569. The number of benzene rings is 2. The maximum absolute atomic E-state index is 13.0. The Morgan fingerprint density at radius 2 is 1.61 bits per heavy atom. The maximum Gasteiger partial charge on any atom is 0.416 e. The topological polar surface area (TPSA) is 84.6 Å². The molecule has 0 aliphatic carbocycles. The van der Waals surface area contributed by atoms with Crippen molar-refractivity contribution >= 4 is 27.0 Å². The molecule has 2 aromatic carbocycles. The van der Waals surface area contributed by atoms with Gasteiger partial charge in [0.05, 0.1) is 21.5 Å². The summed E-state index contributed by atoms with van der Waals surface area (Å²) in [6.07, 6.45) is -4.66. The molecule has 0 N–H and O–H groups in total. The number of carbonyl (C=O) groups is 1. The molecule has 12 heteroatoms. The number of hydrogen-bond acceptors (Lipinski definition) is 4. The van der Waals surface area contributed by atoms with Crippen molar-refractivity contribution in [2.24, 2.45) is 7.05 Å². The van der Waals surface area contributed by atoms with Crippen molar-refractivity contribution in [3.05, 3.63) is 64.6 Å². The SMILES string of the molecule is Cn1c(=O)n(CC(=O)N2CCN(S(=O)(=O)c3cccc(C(F)(F)F)c3)CC2)c2ccccc21. The number of nitrogens with zero attached hydrogens (tertiary/aromatic N) is 4. The standard InChI is InChI=1S/C21H21F3N4O4S/c1-25-17-7-2-3-8-18(17)28(20(25)30)14-19(29)26-9-11-27(12-10-26)33(31,32)16-6-4-5-15(13-16)21(22,23)24/h2-8,13H,9-12,14H2,1H3. The average Bonchev–Trinajstić information content (AvgIpc) is 3.03. The van der Waals surface area contributed by atoms with Gasteiger partial charge in [0.1, 0.15) is 6.54 Å². The summed E-state index contributed by atoms with van der Waals surface area (Å²) < 4.78 is 68.4. The van der Waals surface area contributed by atoms with Crippen molar-refractivity contribution in [3.63, 3.8) is 0 Å². The normalized spacial score (nSPS) is 15.8. The minimum atomic E-state index is -4.66. The summed E-state index contributed by atoms with van der Waals surface area (Å²) in [6, 6.07) is 10.7. The summed E-state index contributed by atoms with van der Waals surface area (Å²) in [6.45, 7) is -0.183. The van der Waals surface area contributed by atoms with Gasteiger partial charge in [-0.3, -0.25) is 13.9 Å². The summed E-state index contributed by atoms with van der Waals surface area (Å²) in [5, 5.41) is 0. The summed E-state index contributed by atoms with van der Waals surface area (Å²) >= 11 is 0. The van der Waals surface area contributed by atoms with E-state index >= 15 is 0 Å². The number of aromatic nitrogens is 2. The van der Waals surface area contributed by atoms with E-state index in [2.05, 4.69) is 0 Å². The van der Waals surface area contributed by atoms with Gasteiger partial charge in [0.15, 0.2) is 0 Å². The Morgan fingerprint density at radius 3 is 2.24 bits per heavy atom. The van der Waals surface area contributed by atoms with E-state index < -0.39 is 26.7 Å². The van der Waals surface area contributed by atoms with Gasteiger partial charge in [-0.25, -0.2) is 13.2 Å². The van der Waals surface area contributed by atoms with Crippen LogP contribution < -0.4 is 5.69 Å². The number of carbonyl (C=O) groups excluding carboxylic acids is 1. The van der Waals surface area contributed by atoms with Crippen molar-refractivity contribution in [3.8, 4) is 0 Å². The van der Waals surface area contributed by atoms with Crippen LogP contribution in [0.2, 0.25) is 0 Å². The highest BCUT2D eigenvalue weighted by atomic mass is 32.2. The van der Waals surface area contributed by atoms with Crippen molar-refractivity contribution < 1.29 is 26.4 Å². The third-order valence-electron chi connectivity index (χ3n) is 5.74. The number of alkyl halides is 3. The number of aryl methyl sites for hydroxylation is 1. The van der Waals surface area contributed by atoms with Gasteiger partial charge in [-0.15, -0.1) is 0 Å². The van der Waals surface area contributed by atoms with E-state index in [-0.39, 0.29) is 44.3 Å². The van der Waals surface area contributed by atoms with Crippen LogP contribution in [0.3, 0.4) is 0 Å². The number of fused-ring (bicyclic) bond motifs is 1. The average molecular weight is 482 g/mol. The molecule has 2 heterocycles. The Balaban J connectivity index is 1.47. The third-order valence-corrected chi connectivity index (χ3v) is 7.63. The minimum Gasteiger partial charge on any atom is -0.338 e. The Hall–Kier alpha value is -3.12.